The van der Waals surface area contributed by atoms with Crippen molar-refractivity contribution >= 4 is 19.9 Å². The smallest absolute Gasteiger partial charge is 0.103 e. The third kappa shape index (κ3) is 11.9. The second-order valence-electron chi connectivity index (χ2n) is 10.1. The number of nitrogens with one attached hydrogen (secondary N) is 1. The SMILES string of the molecule is CC1=[C-]C(C)C(C)=C1C.[Hf].[NH-]C1CCC1.c1ccc(-c2ccccc2)cc1.c1ccc([SiH]c2ccccc2)cc1. The zero-order chi connectivity index (χ0) is 27.9. The molecule has 3 heteroatoms. The fourth-order valence-corrected chi connectivity index (χ4v) is 5.34. The minimum absolute atomic E-state index is 0. The average Bonchev–Trinajstić information content (AvgIpc) is 3.20. The number of rotatable bonds is 3. The average molecular weight is 707 g/mol. The molecule has 1 atom stereocenters. The maximum absolute atomic E-state index is 6.91. The molecule has 0 bridgehead atoms. The first kappa shape index (κ1) is 33.6. The Kier molecular flexibility index (Phi) is 15.7. The molecule has 4 aromatic carbocycles. The van der Waals surface area contributed by atoms with Crippen LogP contribution in [-0.4, -0.2) is 15.6 Å². The largest absolute Gasteiger partial charge is 0.675 e. The fraction of sp³-hybridized carbons (Fsp3) is 0.243. The summed E-state index contributed by atoms with van der Waals surface area (Å²) in [6.07, 6.45) is 6.96. The standard InChI is InChI=1S/C12H11Si.C12H10.C9H13.C4H8N.Hf/c1-3-7-11(8-4-1)13-12-9-5-2-6-10-12;1-3-7-11(8-4-1)12-9-5-2-6-10-12;1-6-5-7(2)9(4)8(6)3;5-4-2-1-3-4;/h1-10,13H;1-10H;6H,1-4H3;4-5H,1-3H2;/q;;2*-1;. The van der Waals surface area contributed by atoms with Crippen LogP contribution in [0.1, 0.15) is 47.0 Å². The maximum atomic E-state index is 6.91. The van der Waals surface area contributed by atoms with E-state index < -0.39 is 0 Å². The summed E-state index contributed by atoms with van der Waals surface area (Å²) in [5.41, 5.74) is 13.7. The summed E-state index contributed by atoms with van der Waals surface area (Å²) in [7, 11) is 0.271. The van der Waals surface area contributed by atoms with Crippen molar-refractivity contribution in [1.29, 1.82) is 0 Å². The Labute approximate surface area is 264 Å². The molecule has 1 fully saturated rings. The third-order valence-corrected chi connectivity index (χ3v) is 8.59. The van der Waals surface area contributed by atoms with Crippen molar-refractivity contribution in [2.24, 2.45) is 5.92 Å². The van der Waals surface area contributed by atoms with E-state index in [9.17, 15) is 0 Å². The van der Waals surface area contributed by atoms with Crippen molar-refractivity contribution in [2.45, 2.75) is 53.0 Å². The van der Waals surface area contributed by atoms with Crippen LogP contribution < -0.4 is 10.4 Å². The first-order valence-electron chi connectivity index (χ1n) is 14.0. The second kappa shape index (κ2) is 18.7. The van der Waals surface area contributed by atoms with Crippen molar-refractivity contribution in [3.05, 3.63) is 150 Å². The second-order valence-corrected chi connectivity index (χ2v) is 11.7. The summed E-state index contributed by atoms with van der Waals surface area (Å²) in [5, 5.41) is 2.90. The molecule has 1 saturated carbocycles. The summed E-state index contributed by atoms with van der Waals surface area (Å²) in [5.74, 6) is 0.560. The normalized spacial score (nSPS) is 15.4. The molecule has 40 heavy (non-hydrogen) atoms. The number of benzene rings is 4. The van der Waals surface area contributed by atoms with E-state index in [4.69, 9.17) is 5.73 Å². The molecular weight excluding hydrogens is 665 g/mol. The van der Waals surface area contributed by atoms with Gasteiger partial charge < -0.3 is 5.73 Å². The van der Waals surface area contributed by atoms with Gasteiger partial charge in [-0.25, -0.2) is 5.57 Å². The van der Waals surface area contributed by atoms with Crippen LogP contribution in [0.3, 0.4) is 0 Å². The quantitative estimate of drug-likeness (QED) is 0.150. The van der Waals surface area contributed by atoms with E-state index >= 15 is 0 Å². The molecule has 1 unspecified atom stereocenters. The van der Waals surface area contributed by atoms with Gasteiger partial charge in [0.2, 0.25) is 0 Å². The topological polar surface area (TPSA) is 23.8 Å². The maximum Gasteiger partial charge on any atom is 0.103 e. The van der Waals surface area contributed by atoms with Crippen LogP contribution >= 0.6 is 0 Å². The molecule has 0 aliphatic heterocycles. The van der Waals surface area contributed by atoms with Crippen molar-refractivity contribution in [2.75, 3.05) is 0 Å². The van der Waals surface area contributed by atoms with Crippen molar-refractivity contribution in [3.63, 3.8) is 0 Å². The Hall–Kier alpha value is -2.59. The number of hydrogen-bond donors (Lipinski definition) is 0. The molecule has 0 heterocycles. The van der Waals surface area contributed by atoms with Gasteiger partial charge in [0.1, 0.15) is 9.52 Å². The first-order chi connectivity index (χ1) is 18.9. The van der Waals surface area contributed by atoms with E-state index in [0.717, 1.165) is 12.8 Å². The van der Waals surface area contributed by atoms with Gasteiger partial charge in [0.05, 0.1) is 0 Å². The Morgan fingerprint density at radius 2 is 0.975 bits per heavy atom. The summed E-state index contributed by atoms with van der Waals surface area (Å²) in [6.45, 7) is 8.67. The van der Waals surface area contributed by atoms with Gasteiger partial charge in [-0.2, -0.15) is 11.1 Å². The Balaban J connectivity index is 0.000000194. The predicted octanol–water partition coefficient (Wildman–Crippen LogP) is 8.74. The molecule has 1 N–H and O–H groups in total. The van der Waals surface area contributed by atoms with Crippen molar-refractivity contribution in [3.8, 4) is 11.1 Å². The van der Waals surface area contributed by atoms with Crippen LogP contribution in [0.5, 0.6) is 0 Å². The first-order valence-corrected chi connectivity index (χ1v) is 15.1. The fourth-order valence-electron chi connectivity index (χ4n) is 4.12. The molecule has 4 aromatic rings. The molecule has 205 valence electrons. The molecule has 0 saturated heterocycles. The number of allylic oxidation sites excluding steroid dienone is 4. The monoisotopic (exact) mass is 708 g/mol. The van der Waals surface area contributed by atoms with Gasteiger partial charge in [0, 0.05) is 25.8 Å². The Morgan fingerprint density at radius 1 is 0.625 bits per heavy atom. The van der Waals surface area contributed by atoms with E-state index in [1.165, 1.54) is 44.6 Å². The summed E-state index contributed by atoms with van der Waals surface area (Å²) < 4.78 is 0. The summed E-state index contributed by atoms with van der Waals surface area (Å²) in [6, 6.07) is 42.4. The van der Waals surface area contributed by atoms with Gasteiger partial charge >= 0.3 is 0 Å². The zero-order valence-corrected chi connectivity index (χ0v) is 29.1. The molecule has 6 rings (SSSR count). The van der Waals surface area contributed by atoms with Crippen LogP contribution in [-0.2, 0) is 25.8 Å². The van der Waals surface area contributed by atoms with Gasteiger partial charge in [-0.3, -0.25) is 6.08 Å². The van der Waals surface area contributed by atoms with Crippen LogP contribution in [0.4, 0.5) is 0 Å². The van der Waals surface area contributed by atoms with E-state index in [0.29, 0.717) is 12.0 Å². The van der Waals surface area contributed by atoms with E-state index in [-0.39, 0.29) is 35.4 Å². The van der Waals surface area contributed by atoms with Gasteiger partial charge in [-0.05, 0) is 11.1 Å². The van der Waals surface area contributed by atoms with Gasteiger partial charge in [0.25, 0.3) is 0 Å². The summed E-state index contributed by atoms with van der Waals surface area (Å²) in [4.78, 5) is 0. The Morgan fingerprint density at radius 3 is 1.20 bits per heavy atom. The molecule has 2 aliphatic rings. The molecule has 1 radical (unpaired) electrons. The van der Waals surface area contributed by atoms with Crippen LogP contribution in [0, 0.1) is 12.0 Å². The Bertz CT molecular complexity index is 1210. The van der Waals surface area contributed by atoms with Crippen LogP contribution in [0.25, 0.3) is 16.9 Å². The third-order valence-electron chi connectivity index (χ3n) is 7.16. The molecular formula is C37H42HfNSi-2. The molecule has 0 aromatic heterocycles. The van der Waals surface area contributed by atoms with Gasteiger partial charge in [-0.1, -0.05) is 178 Å². The zero-order valence-electron chi connectivity index (χ0n) is 24.4. The van der Waals surface area contributed by atoms with Crippen molar-refractivity contribution < 1.29 is 25.8 Å². The minimum Gasteiger partial charge on any atom is -0.675 e. The molecule has 2 aliphatic carbocycles. The van der Waals surface area contributed by atoms with Gasteiger partial charge in [0.15, 0.2) is 0 Å². The molecule has 1 nitrogen and oxygen atoms in total. The van der Waals surface area contributed by atoms with E-state index in [1.54, 1.807) is 0 Å². The molecule has 0 amide bonds. The number of hydrogen-bond acceptors (Lipinski definition) is 0. The molecule has 0 spiro atoms. The van der Waals surface area contributed by atoms with E-state index in [2.05, 4.69) is 143 Å². The summed E-state index contributed by atoms with van der Waals surface area (Å²) >= 11 is 0. The van der Waals surface area contributed by atoms with E-state index in [1.807, 2.05) is 12.1 Å². The van der Waals surface area contributed by atoms with Crippen molar-refractivity contribution in [1.82, 2.24) is 0 Å². The van der Waals surface area contributed by atoms with Crippen LogP contribution in [0.15, 0.2) is 138 Å². The van der Waals surface area contributed by atoms with Crippen LogP contribution in [0.2, 0.25) is 0 Å². The predicted molar refractivity (Wildman–Crippen MR) is 173 cm³/mol. The van der Waals surface area contributed by atoms with Gasteiger partial charge in [-0.15, -0.1) is 13.0 Å². The minimum atomic E-state index is 0.